The molecule has 0 aliphatic rings. The highest BCUT2D eigenvalue weighted by atomic mass is 19.1. The number of para-hydroxylation sites is 3. The molecule has 0 aliphatic carbocycles. The van der Waals surface area contributed by atoms with Crippen LogP contribution < -0.4 is 70.6 Å². The van der Waals surface area contributed by atoms with Gasteiger partial charge in [-0.15, -0.1) is 0 Å². The Morgan fingerprint density at radius 3 is 1.30 bits per heavy atom. The van der Waals surface area contributed by atoms with E-state index in [-0.39, 0.29) is 74.5 Å². The number of hydrogen-bond acceptors (Lipinski definition) is 16. The number of nitrogens with zero attached hydrogens (tertiary/aromatic N) is 17. The molecule has 0 saturated heterocycles. The largest absolute Gasteiger partial charge is 0.497 e. The summed E-state index contributed by atoms with van der Waals surface area (Å²) in [7, 11) is 9.75. The smallest absolute Gasteiger partial charge is 0.331 e. The summed E-state index contributed by atoms with van der Waals surface area (Å²) < 4.78 is 40.9. The normalized spacial score (nSPS) is 11.4. The quantitative estimate of drug-likeness (QED) is 0.0411. The fraction of sp³-hybridized carbons (Fsp3) is 0.241. The number of aromatic nitrogens is 16. The molecule has 0 fully saturated rings. The summed E-state index contributed by atoms with van der Waals surface area (Å²) in [4.78, 5) is 121. The molecular weight excluding hydrogens is 1790 g/mol. The molecule has 0 saturated carbocycles. The monoisotopic (exact) mass is 1900 g/mol. The number of rotatable bonds is 28. The van der Waals surface area contributed by atoms with Crippen LogP contribution in [0.1, 0.15) is 83.3 Å². The second-order valence-electron chi connectivity index (χ2n) is 37.2. The van der Waals surface area contributed by atoms with Crippen LogP contribution in [-0.2, 0) is 80.5 Å². The maximum absolute atomic E-state index is 14.0. The van der Waals surface area contributed by atoms with Crippen LogP contribution in [0.5, 0.6) is 5.75 Å². The third-order valence-corrected chi connectivity index (χ3v) is 24.8. The van der Waals surface area contributed by atoms with Crippen LogP contribution in [0.25, 0.3) is 71.8 Å². The molecule has 8 aromatic carbocycles. The minimum atomic E-state index is -0.383. The summed E-state index contributed by atoms with van der Waals surface area (Å²) in [5, 5.41) is 12.2. The van der Waals surface area contributed by atoms with Crippen molar-refractivity contribution in [3.63, 3.8) is 0 Å². The number of aryl methyl sites for hydroxylation is 1. The summed E-state index contributed by atoms with van der Waals surface area (Å²) in [6.07, 6.45) is 14.5. The number of pyridine rings is 2. The van der Waals surface area contributed by atoms with Crippen LogP contribution in [-0.4, -0.2) is 88.5 Å². The fourth-order valence-electron chi connectivity index (χ4n) is 17.9. The van der Waals surface area contributed by atoms with E-state index < -0.39 is 0 Å². The standard InChI is InChI=1S/C30H31N5O2.C29H28FN5O2.C27H28N6O2.C26H30N4O3/c1-21(2)18-35-27-25(29(36)33(4)30(35)37)20-34(28(27)32(3)24-10-6-5-7-11-24)19-22-13-15-23(16-14-22)26-12-8-9-17-31-26;1-19(2)16-35-26-24(28(36)33(3)29(35)37)18-34(27(26)32-23-8-6-7-22(30)15-23)17-20-10-12-21(13-11-20)25-9-4-5-14-31-25;1-19(2)15-33-23-17-32(16-20-9-11-22(12-10-20)31-14-13-28-18-31)25(29-21-7-5-4-6-8-21)24(23)26(34)30(3)27(33)35;1-17(2)15-30-23-18(3)29(16-19-11-13-21(33-5)14-12-19)24(27-20-9-7-6-8-10-20)22(23)25(31)28(4)26(30)32/h5-17,20-21H,18-19H2,1-4H3;4-15,18-19,32H,16-17H2,1-3H3;4-14,17-19,29H,15-16H2,1-3H3;6-14,17,27H,15-16H2,1-5H3. The Bertz CT molecular complexity index is 8240. The summed E-state index contributed by atoms with van der Waals surface area (Å²) in [6, 6.07) is 79.7. The number of halogens is 1. The van der Waals surface area contributed by atoms with Gasteiger partial charge in [-0.3, -0.25) is 65.7 Å². The van der Waals surface area contributed by atoms with Gasteiger partial charge in [0.05, 0.1) is 46.6 Å². The number of methoxy groups -OCH3 is 1. The molecule has 0 spiro atoms. The van der Waals surface area contributed by atoms with E-state index >= 15 is 0 Å². The SMILES string of the molecule is CC(C)Cn1c(=O)n(C)c(=O)c2c(Nc3ccccc3)n(Cc3ccc(-n4ccnc4)cc3)cc21.CC(C)Cn1c(=O)n(C)c(=O)c2cn(Cc3ccc(-c4ccccn4)cc3)c(N(C)c3ccccc3)c21.CC(C)Cn1c(=O)n(C)c(=O)c2cn(Cc3ccc(-c4ccccn4)cc3)c(Nc3cccc(F)c3)c21.COc1ccc(Cn2c(Nc3ccccc3)c3c(=O)n(C)c(=O)n(CC(C)C)c3c2C)cc1. The Morgan fingerprint density at radius 1 is 0.387 bits per heavy atom. The maximum Gasteiger partial charge on any atom is 0.331 e. The fourth-order valence-corrected chi connectivity index (χ4v) is 17.9. The summed E-state index contributed by atoms with van der Waals surface area (Å²) >= 11 is 0. The molecule has 0 radical (unpaired) electrons. The van der Waals surface area contributed by atoms with E-state index in [4.69, 9.17) is 4.74 Å². The third kappa shape index (κ3) is 21.2. The van der Waals surface area contributed by atoms with E-state index in [0.717, 1.165) is 89.3 Å². The summed E-state index contributed by atoms with van der Waals surface area (Å²) in [6.45, 7) is 22.5. The van der Waals surface area contributed by atoms with Crippen molar-refractivity contribution in [2.45, 2.75) is 115 Å². The average Bonchev–Trinajstić information content (AvgIpc) is 1.58. The van der Waals surface area contributed by atoms with Crippen molar-refractivity contribution in [1.82, 2.24) is 74.3 Å². The van der Waals surface area contributed by atoms with E-state index in [1.54, 1.807) is 89.8 Å². The van der Waals surface area contributed by atoms with Crippen molar-refractivity contribution in [2.75, 3.05) is 35.0 Å². The number of ether oxygens (including phenoxy) is 1. The minimum absolute atomic E-state index is 0.169. The molecule has 11 aromatic heterocycles. The first kappa shape index (κ1) is 98.1. The second kappa shape index (κ2) is 43.0. The van der Waals surface area contributed by atoms with Gasteiger partial charge in [0.2, 0.25) is 0 Å². The van der Waals surface area contributed by atoms with Crippen LogP contribution in [0.3, 0.4) is 0 Å². The van der Waals surface area contributed by atoms with Gasteiger partial charge in [0.15, 0.2) is 0 Å². The zero-order valence-electron chi connectivity index (χ0n) is 82.4. The molecule has 726 valence electrons. The minimum Gasteiger partial charge on any atom is -0.497 e. The lowest BCUT2D eigenvalue weighted by Gasteiger charge is -2.24. The van der Waals surface area contributed by atoms with Crippen LogP contribution in [0.15, 0.2) is 337 Å². The lowest BCUT2D eigenvalue weighted by Crippen LogP contribution is -2.38. The van der Waals surface area contributed by atoms with Gasteiger partial charge in [-0.1, -0.05) is 201 Å². The molecule has 19 rings (SSSR count). The number of hydrogen-bond donors (Lipinski definition) is 3. The predicted molar refractivity (Wildman–Crippen MR) is 566 cm³/mol. The van der Waals surface area contributed by atoms with E-state index in [1.165, 1.54) is 32.9 Å². The number of nitrogens with one attached hydrogen (secondary N) is 3. The lowest BCUT2D eigenvalue weighted by molar-refractivity contribution is 0.414. The van der Waals surface area contributed by atoms with Crippen molar-refractivity contribution in [2.24, 2.45) is 51.9 Å². The van der Waals surface area contributed by atoms with Crippen LogP contribution in [0.2, 0.25) is 0 Å². The molecule has 142 heavy (non-hydrogen) atoms. The Hall–Kier alpha value is -16.9. The van der Waals surface area contributed by atoms with Gasteiger partial charge in [-0.25, -0.2) is 28.6 Å². The summed E-state index contributed by atoms with van der Waals surface area (Å²) in [5.41, 5.74) is 13.1. The van der Waals surface area contributed by atoms with Crippen molar-refractivity contribution in [1.29, 1.82) is 0 Å². The Kier molecular flexibility index (Phi) is 29.7. The molecular formula is C112H117FN20O9. The van der Waals surface area contributed by atoms with E-state index in [9.17, 15) is 42.7 Å². The van der Waals surface area contributed by atoms with E-state index in [1.807, 2.05) is 248 Å². The molecule has 30 heteroatoms. The first-order valence-corrected chi connectivity index (χ1v) is 47.4. The van der Waals surface area contributed by atoms with E-state index in [2.05, 4.69) is 123 Å². The molecule has 0 aliphatic heterocycles. The second-order valence-corrected chi connectivity index (χ2v) is 37.2. The van der Waals surface area contributed by atoms with Gasteiger partial charge in [0.25, 0.3) is 22.2 Å². The number of benzene rings is 8. The molecule has 29 nitrogen and oxygen atoms in total. The van der Waals surface area contributed by atoms with Gasteiger partial charge in [0, 0.05) is 176 Å². The van der Waals surface area contributed by atoms with Crippen LogP contribution >= 0.6 is 0 Å². The van der Waals surface area contributed by atoms with Gasteiger partial charge in [-0.2, -0.15) is 0 Å². The van der Waals surface area contributed by atoms with Crippen LogP contribution in [0.4, 0.5) is 50.4 Å². The number of imidazole rings is 1. The van der Waals surface area contributed by atoms with Gasteiger partial charge >= 0.3 is 22.8 Å². The Balaban J connectivity index is 0.000000136. The van der Waals surface area contributed by atoms with Gasteiger partial charge < -0.3 is 48.4 Å². The van der Waals surface area contributed by atoms with Gasteiger partial charge in [-0.05, 0) is 156 Å². The highest BCUT2D eigenvalue weighted by Crippen LogP contribution is 2.37. The molecule has 0 bridgehead atoms. The lowest BCUT2D eigenvalue weighted by atomic mass is 10.1. The number of anilines is 8. The molecule has 11 heterocycles. The highest BCUT2D eigenvalue weighted by Gasteiger charge is 2.29. The Labute approximate surface area is 819 Å². The highest BCUT2D eigenvalue weighted by molar-refractivity contribution is 5.96. The zero-order chi connectivity index (χ0) is 100. The first-order chi connectivity index (χ1) is 68.4. The third-order valence-electron chi connectivity index (χ3n) is 24.8. The Morgan fingerprint density at radius 2 is 0.803 bits per heavy atom. The number of fused-ring (bicyclic) bond motifs is 4. The van der Waals surface area contributed by atoms with Crippen molar-refractivity contribution < 1.29 is 9.13 Å². The molecule has 0 unspecified atom stereocenters. The van der Waals surface area contributed by atoms with Gasteiger partial charge in [0.1, 0.15) is 56.6 Å². The summed E-state index contributed by atoms with van der Waals surface area (Å²) in [5.74, 6) is 4.03. The average molecular weight is 1910 g/mol. The first-order valence-electron chi connectivity index (χ1n) is 47.4. The zero-order valence-corrected chi connectivity index (χ0v) is 82.4. The molecule has 0 amide bonds. The molecule has 3 N–H and O–H groups in total. The molecule has 0 atom stereocenters. The predicted octanol–water partition coefficient (Wildman–Crippen LogP) is 18.6. The maximum atomic E-state index is 14.0. The molecule has 19 aromatic rings. The van der Waals surface area contributed by atoms with E-state index in [0.29, 0.717) is 119 Å². The van der Waals surface area contributed by atoms with Crippen LogP contribution in [0, 0.1) is 36.4 Å². The van der Waals surface area contributed by atoms with Crippen molar-refractivity contribution in [3.8, 4) is 34.0 Å². The van der Waals surface area contributed by atoms with Crippen molar-refractivity contribution in [3.05, 3.63) is 416 Å². The van der Waals surface area contributed by atoms with Crippen molar-refractivity contribution >= 4 is 89.6 Å². The topological polar surface area (TPSA) is 288 Å².